The number of aromatic nitrogens is 6. The van der Waals surface area contributed by atoms with Gasteiger partial charge in [-0.3, -0.25) is 4.79 Å². The summed E-state index contributed by atoms with van der Waals surface area (Å²) in [5.74, 6) is 1.94. The van der Waals surface area contributed by atoms with Crippen molar-refractivity contribution in [1.29, 1.82) is 0 Å². The van der Waals surface area contributed by atoms with Crippen molar-refractivity contribution in [2.24, 2.45) is 0 Å². The quantitative estimate of drug-likeness (QED) is 0.516. The highest BCUT2D eigenvalue weighted by Crippen LogP contribution is 2.25. The molecular weight excluding hydrogens is 356 g/mol. The lowest BCUT2D eigenvalue weighted by Gasteiger charge is -2.05. The third-order valence-electron chi connectivity index (χ3n) is 4.70. The van der Waals surface area contributed by atoms with Gasteiger partial charge in [0.05, 0.1) is 18.0 Å². The Morgan fingerprint density at radius 3 is 2.21 bits per heavy atom. The maximum Gasteiger partial charge on any atom is 0.167 e. The Morgan fingerprint density at radius 1 is 0.857 bits per heavy atom. The summed E-state index contributed by atoms with van der Waals surface area (Å²) in [6.07, 6.45) is 12.5. The fourth-order valence-corrected chi connectivity index (χ4v) is 2.92. The lowest BCUT2D eigenvalue weighted by molar-refractivity contribution is 0.112. The van der Waals surface area contributed by atoms with Gasteiger partial charge in [0.1, 0.15) is 11.6 Å². The number of hydrogen-bond donors (Lipinski definition) is 2. The molecular formula is C19H20N8O. The minimum Gasteiger partial charge on any atom is -0.367 e. The molecule has 0 unspecified atom stereocenters. The predicted octanol–water partition coefficient (Wildman–Crippen LogP) is 2.42. The zero-order chi connectivity index (χ0) is 18.9. The van der Waals surface area contributed by atoms with Crippen LogP contribution in [0.15, 0.2) is 43.0 Å². The van der Waals surface area contributed by atoms with E-state index < -0.39 is 0 Å². The molecule has 0 aromatic carbocycles. The molecule has 0 bridgehead atoms. The van der Waals surface area contributed by atoms with Crippen LogP contribution in [0.2, 0.25) is 0 Å². The normalized spacial score (nSPS) is 15.9. The van der Waals surface area contributed by atoms with Crippen molar-refractivity contribution >= 4 is 29.2 Å². The number of nitrogens with zero attached hydrogens (tertiary/aromatic N) is 6. The van der Waals surface area contributed by atoms with E-state index in [-0.39, 0.29) is 0 Å². The lowest BCUT2D eigenvalue weighted by Crippen LogP contribution is -2.07. The van der Waals surface area contributed by atoms with Crippen molar-refractivity contribution in [3.8, 4) is 0 Å². The second-order valence-corrected chi connectivity index (χ2v) is 7.05. The van der Waals surface area contributed by atoms with E-state index in [2.05, 4.69) is 30.8 Å². The summed E-state index contributed by atoms with van der Waals surface area (Å²) >= 11 is 0. The average Bonchev–Trinajstić information content (AvgIpc) is 3.62. The Morgan fingerprint density at radius 2 is 1.54 bits per heavy atom. The number of carbonyl (C=O) groups is 1. The molecule has 2 N–H and O–H groups in total. The molecule has 4 aromatic rings. The molecule has 9 heteroatoms. The van der Waals surface area contributed by atoms with Gasteiger partial charge in [0.25, 0.3) is 0 Å². The van der Waals surface area contributed by atoms with Crippen LogP contribution in [0.4, 0.5) is 11.6 Å². The van der Waals surface area contributed by atoms with Crippen molar-refractivity contribution in [2.45, 2.75) is 37.8 Å². The smallest absolute Gasteiger partial charge is 0.167 e. The van der Waals surface area contributed by atoms with E-state index in [0.29, 0.717) is 23.3 Å². The van der Waals surface area contributed by atoms with Crippen LogP contribution in [-0.2, 0) is 0 Å². The summed E-state index contributed by atoms with van der Waals surface area (Å²) < 4.78 is 3.50. The van der Waals surface area contributed by atoms with E-state index in [1.165, 1.54) is 31.9 Å². The van der Waals surface area contributed by atoms with Crippen molar-refractivity contribution < 1.29 is 4.79 Å². The molecule has 2 aliphatic rings. The van der Waals surface area contributed by atoms with Gasteiger partial charge in [-0.15, -0.1) is 0 Å². The zero-order valence-corrected chi connectivity index (χ0v) is 15.2. The van der Waals surface area contributed by atoms with Crippen molar-refractivity contribution in [3.63, 3.8) is 0 Å². The molecule has 2 fully saturated rings. The van der Waals surface area contributed by atoms with Crippen molar-refractivity contribution in [1.82, 2.24) is 29.2 Å². The number of nitrogens with one attached hydrogen (secondary N) is 2. The van der Waals surface area contributed by atoms with Gasteiger partial charge in [-0.1, -0.05) is 0 Å². The lowest BCUT2D eigenvalue weighted by atomic mass is 10.4. The van der Waals surface area contributed by atoms with Gasteiger partial charge < -0.3 is 10.6 Å². The van der Waals surface area contributed by atoms with Crippen molar-refractivity contribution in [3.05, 3.63) is 48.5 Å². The van der Waals surface area contributed by atoms with Crippen LogP contribution in [0.3, 0.4) is 0 Å². The van der Waals surface area contributed by atoms with Crippen LogP contribution in [0, 0.1) is 0 Å². The van der Waals surface area contributed by atoms with Crippen LogP contribution in [-0.4, -0.2) is 47.6 Å². The standard InChI is InChI=1S/C10H10N4O.C9H10N4/c15-6-7-5-12-14-9(13-8-1-2-8)3-4-11-10(7)14;1-2-7(1)12-9-3-5-10-8-4-6-11-13(8)9/h3-6,8,13H,1-2H2;3-7,12H,1-2H2. The van der Waals surface area contributed by atoms with Crippen LogP contribution in [0.25, 0.3) is 11.3 Å². The monoisotopic (exact) mass is 376 g/mol. The molecule has 6 rings (SSSR count). The molecule has 0 aliphatic heterocycles. The molecule has 0 radical (unpaired) electrons. The molecule has 0 atom stereocenters. The Hall–Kier alpha value is -3.49. The molecule has 142 valence electrons. The Labute approximate surface area is 160 Å². The molecule has 0 amide bonds. The van der Waals surface area contributed by atoms with Gasteiger partial charge in [0.2, 0.25) is 0 Å². The Balaban J connectivity index is 0.000000123. The van der Waals surface area contributed by atoms with Gasteiger partial charge in [0.15, 0.2) is 17.6 Å². The first-order valence-electron chi connectivity index (χ1n) is 9.41. The van der Waals surface area contributed by atoms with E-state index in [4.69, 9.17) is 0 Å². The largest absolute Gasteiger partial charge is 0.367 e. The zero-order valence-electron chi connectivity index (χ0n) is 15.2. The third-order valence-corrected chi connectivity index (χ3v) is 4.70. The second kappa shape index (κ2) is 6.91. The molecule has 4 heterocycles. The molecule has 28 heavy (non-hydrogen) atoms. The number of carbonyl (C=O) groups excluding carboxylic acids is 1. The van der Waals surface area contributed by atoms with Gasteiger partial charge in [-0.25, -0.2) is 9.97 Å². The second-order valence-electron chi connectivity index (χ2n) is 7.05. The molecule has 2 saturated carbocycles. The maximum absolute atomic E-state index is 10.7. The van der Waals surface area contributed by atoms with Gasteiger partial charge in [-0.05, 0) is 37.8 Å². The van der Waals surface area contributed by atoms with E-state index in [9.17, 15) is 4.79 Å². The summed E-state index contributed by atoms with van der Waals surface area (Å²) in [6, 6.07) is 6.93. The minimum absolute atomic E-state index is 0.523. The summed E-state index contributed by atoms with van der Waals surface area (Å²) in [6.45, 7) is 0. The average molecular weight is 376 g/mol. The molecule has 2 aliphatic carbocycles. The highest BCUT2D eigenvalue weighted by atomic mass is 16.1. The van der Waals surface area contributed by atoms with Crippen LogP contribution in [0.5, 0.6) is 0 Å². The van der Waals surface area contributed by atoms with E-state index >= 15 is 0 Å². The van der Waals surface area contributed by atoms with Crippen LogP contribution >= 0.6 is 0 Å². The first-order chi connectivity index (χ1) is 13.8. The topological polar surface area (TPSA) is 102 Å². The maximum atomic E-state index is 10.7. The predicted molar refractivity (Wildman–Crippen MR) is 105 cm³/mol. The van der Waals surface area contributed by atoms with Crippen LogP contribution < -0.4 is 10.6 Å². The molecule has 9 nitrogen and oxygen atoms in total. The van der Waals surface area contributed by atoms with E-state index in [1.807, 2.05) is 28.9 Å². The highest BCUT2D eigenvalue weighted by molar-refractivity contribution is 5.84. The number of hydrogen-bond acceptors (Lipinski definition) is 7. The first kappa shape index (κ1) is 16.7. The summed E-state index contributed by atoms with van der Waals surface area (Å²) in [5.41, 5.74) is 2.02. The molecule has 0 saturated heterocycles. The number of rotatable bonds is 5. The number of fused-ring (bicyclic) bond motifs is 2. The molecule has 0 spiro atoms. The summed E-state index contributed by atoms with van der Waals surface area (Å²) in [7, 11) is 0. The van der Waals surface area contributed by atoms with Gasteiger partial charge in [-0.2, -0.15) is 19.2 Å². The Kier molecular flexibility index (Phi) is 4.12. The third kappa shape index (κ3) is 3.38. The fourth-order valence-electron chi connectivity index (χ4n) is 2.92. The summed E-state index contributed by atoms with van der Waals surface area (Å²) in [4.78, 5) is 19.0. The van der Waals surface area contributed by atoms with E-state index in [1.54, 1.807) is 16.9 Å². The highest BCUT2D eigenvalue weighted by Gasteiger charge is 2.22. The fraction of sp³-hybridized carbons (Fsp3) is 0.316. The minimum atomic E-state index is 0.523. The van der Waals surface area contributed by atoms with Crippen LogP contribution in [0.1, 0.15) is 36.0 Å². The van der Waals surface area contributed by atoms with E-state index in [0.717, 1.165) is 23.6 Å². The number of aldehydes is 1. The van der Waals surface area contributed by atoms with Gasteiger partial charge >= 0.3 is 0 Å². The van der Waals surface area contributed by atoms with Gasteiger partial charge in [0, 0.05) is 30.5 Å². The summed E-state index contributed by atoms with van der Waals surface area (Å²) in [5, 5.41) is 15.1. The SMILES string of the molecule is O=Cc1cnn2c(NC3CC3)ccnc12.c1cc(NC2CC2)n2nccc2n1. The number of anilines is 2. The Bertz CT molecular complexity index is 1130. The molecule has 4 aromatic heterocycles. The first-order valence-corrected chi connectivity index (χ1v) is 9.41. The van der Waals surface area contributed by atoms with Crippen molar-refractivity contribution in [2.75, 3.05) is 10.6 Å².